The Bertz CT molecular complexity index is 957. The third-order valence-corrected chi connectivity index (χ3v) is 5.57. The minimum Gasteiger partial charge on any atom is -0.479 e. The number of fused-ring (bicyclic) bond motifs is 3. The van der Waals surface area contributed by atoms with Crippen LogP contribution >= 0.6 is 0 Å². The molecule has 0 radical (unpaired) electrons. The monoisotopic (exact) mass is 360 g/mol. The molecule has 27 heavy (non-hydrogen) atoms. The third kappa shape index (κ3) is 2.93. The van der Waals surface area contributed by atoms with Gasteiger partial charge >= 0.3 is 5.97 Å². The van der Waals surface area contributed by atoms with Gasteiger partial charge in [-0.2, -0.15) is 5.26 Å². The Balaban J connectivity index is 1.71. The predicted molar refractivity (Wildman–Crippen MR) is 102 cm³/mol. The van der Waals surface area contributed by atoms with Crippen molar-refractivity contribution in [1.82, 2.24) is 0 Å². The number of nitrogens with one attached hydrogen (secondary N) is 1. The fraction of sp³-hybridized carbons (Fsp3) is 0.273. The second-order valence-electron chi connectivity index (χ2n) is 7.00. The third-order valence-electron chi connectivity index (χ3n) is 5.57. The molecule has 2 N–H and O–H groups in total. The van der Waals surface area contributed by atoms with Crippen LogP contribution in [0.5, 0.6) is 5.75 Å². The van der Waals surface area contributed by atoms with E-state index in [0.717, 1.165) is 23.2 Å². The molecule has 1 heterocycles. The van der Waals surface area contributed by atoms with E-state index in [1.807, 2.05) is 43.3 Å². The molecule has 0 saturated heterocycles. The first kappa shape index (κ1) is 17.2. The summed E-state index contributed by atoms with van der Waals surface area (Å²) >= 11 is 0. The van der Waals surface area contributed by atoms with Crippen molar-refractivity contribution in [3.05, 3.63) is 70.8 Å². The lowest BCUT2D eigenvalue weighted by molar-refractivity contribution is 0.0696. The van der Waals surface area contributed by atoms with Crippen molar-refractivity contribution in [3.8, 4) is 11.8 Å². The van der Waals surface area contributed by atoms with Gasteiger partial charge in [-0.05, 0) is 54.2 Å². The first-order chi connectivity index (χ1) is 13.1. The van der Waals surface area contributed by atoms with E-state index < -0.39 is 5.97 Å². The summed E-state index contributed by atoms with van der Waals surface area (Å²) in [7, 11) is 0. The number of nitriles is 1. The maximum Gasteiger partial charge on any atom is 0.336 e. The molecule has 3 atom stereocenters. The number of aromatic carboxylic acids is 1. The van der Waals surface area contributed by atoms with Crippen LogP contribution in [0.15, 0.2) is 48.6 Å². The molecular formula is C22H20N2O3. The SMILES string of the molecule is Cc1c(C(=O)O)ccc2c1N[C@@H](c1ccc(OCC#N)cc1)[C@@H]1CC=C[C@H]21. The normalized spacial score (nSPS) is 22.3. The smallest absolute Gasteiger partial charge is 0.336 e. The molecule has 2 aromatic carbocycles. The number of rotatable bonds is 4. The van der Waals surface area contributed by atoms with Gasteiger partial charge in [-0.3, -0.25) is 0 Å². The van der Waals surface area contributed by atoms with Gasteiger partial charge in [0.25, 0.3) is 0 Å². The van der Waals surface area contributed by atoms with Crippen LogP contribution in [0.3, 0.4) is 0 Å². The van der Waals surface area contributed by atoms with E-state index in [2.05, 4.69) is 17.5 Å². The van der Waals surface area contributed by atoms with Gasteiger partial charge in [0.2, 0.25) is 0 Å². The summed E-state index contributed by atoms with van der Waals surface area (Å²) in [6.45, 7) is 1.89. The number of carbonyl (C=O) groups is 1. The summed E-state index contributed by atoms with van der Waals surface area (Å²) in [6, 6.07) is 13.5. The zero-order valence-corrected chi connectivity index (χ0v) is 15.0. The number of hydrogen-bond acceptors (Lipinski definition) is 4. The summed E-state index contributed by atoms with van der Waals surface area (Å²) in [5.41, 5.74) is 4.33. The highest BCUT2D eigenvalue weighted by Crippen LogP contribution is 2.51. The molecule has 0 aromatic heterocycles. The van der Waals surface area contributed by atoms with Crippen LogP contribution in [-0.2, 0) is 0 Å². The maximum atomic E-state index is 11.5. The van der Waals surface area contributed by atoms with Gasteiger partial charge in [0.1, 0.15) is 11.8 Å². The van der Waals surface area contributed by atoms with Gasteiger partial charge in [-0.1, -0.05) is 30.4 Å². The summed E-state index contributed by atoms with van der Waals surface area (Å²) in [5.74, 6) is 0.430. The standard InChI is InChI=1S/C22H20N2O3/c1-13-16(22(25)26)9-10-19-17-3-2-4-18(17)21(24-20(13)19)14-5-7-15(8-6-14)27-12-11-23/h2-3,5-10,17-18,21,24H,4,12H2,1H3,(H,25,26)/t17-,18+,21-/m0/s1. The van der Waals surface area contributed by atoms with Crippen LogP contribution in [0.25, 0.3) is 0 Å². The van der Waals surface area contributed by atoms with E-state index in [1.165, 1.54) is 5.56 Å². The van der Waals surface area contributed by atoms with Gasteiger partial charge in [-0.15, -0.1) is 0 Å². The molecule has 5 nitrogen and oxygen atoms in total. The molecule has 5 heteroatoms. The Kier molecular flexibility index (Phi) is 4.33. The average Bonchev–Trinajstić information content (AvgIpc) is 3.16. The van der Waals surface area contributed by atoms with Gasteiger partial charge in [0.05, 0.1) is 11.6 Å². The molecule has 2 aliphatic rings. The Hall–Kier alpha value is -3.26. The molecule has 0 fully saturated rings. The minimum absolute atomic E-state index is 0.0280. The summed E-state index contributed by atoms with van der Waals surface area (Å²) in [4.78, 5) is 11.5. The molecule has 0 bridgehead atoms. The Morgan fingerprint density at radius 1 is 1.30 bits per heavy atom. The number of carboxylic acids is 1. The lowest BCUT2D eigenvalue weighted by atomic mass is 9.76. The van der Waals surface area contributed by atoms with E-state index in [0.29, 0.717) is 17.2 Å². The Labute approximate surface area is 157 Å². The van der Waals surface area contributed by atoms with Crippen LogP contribution in [-0.4, -0.2) is 17.7 Å². The van der Waals surface area contributed by atoms with Crippen molar-refractivity contribution < 1.29 is 14.6 Å². The van der Waals surface area contributed by atoms with Gasteiger partial charge in [0, 0.05) is 11.6 Å². The van der Waals surface area contributed by atoms with E-state index in [4.69, 9.17) is 10.00 Å². The van der Waals surface area contributed by atoms with Crippen LogP contribution in [0.4, 0.5) is 5.69 Å². The molecule has 0 saturated carbocycles. The predicted octanol–water partition coefficient (Wildman–Crippen LogP) is 4.42. The number of hydrogen-bond donors (Lipinski definition) is 2. The van der Waals surface area contributed by atoms with Crippen molar-refractivity contribution >= 4 is 11.7 Å². The second kappa shape index (κ2) is 6.81. The topological polar surface area (TPSA) is 82.3 Å². The van der Waals surface area contributed by atoms with Crippen molar-refractivity contribution in [2.24, 2.45) is 5.92 Å². The second-order valence-corrected chi connectivity index (χ2v) is 7.00. The first-order valence-corrected chi connectivity index (χ1v) is 9.00. The number of anilines is 1. The van der Waals surface area contributed by atoms with E-state index in [1.54, 1.807) is 6.07 Å². The number of ether oxygens (including phenoxy) is 1. The van der Waals surface area contributed by atoms with Crippen molar-refractivity contribution in [2.45, 2.75) is 25.3 Å². The van der Waals surface area contributed by atoms with Crippen molar-refractivity contribution in [1.29, 1.82) is 5.26 Å². The molecule has 136 valence electrons. The molecular weight excluding hydrogens is 340 g/mol. The molecule has 2 aromatic rings. The van der Waals surface area contributed by atoms with E-state index in [-0.39, 0.29) is 18.6 Å². The minimum atomic E-state index is -0.906. The van der Waals surface area contributed by atoms with Crippen LogP contribution in [0, 0.1) is 24.2 Å². The van der Waals surface area contributed by atoms with Gasteiger partial charge < -0.3 is 15.2 Å². The quantitative estimate of drug-likeness (QED) is 0.789. The lowest BCUT2D eigenvalue weighted by Crippen LogP contribution is -2.30. The number of benzene rings is 2. The first-order valence-electron chi connectivity index (χ1n) is 9.00. The zero-order valence-electron chi connectivity index (χ0n) is 15.0. The highest BCUT2D eigenvalue weighted by molar-refractivity contribution is 5.92. The number of nitrogens with zero attached hydrogens (tertiary/aromatic N) is 1. The summed E-state index contributed by atoms with van der Waals surface area (Å²) in [5, 5.41) is 21.7. The molecule has 1 aliphatic heterocycles. The fourth-order valence-corrected chi connectivity index (χ4v) is 4.26. The van der Waals surface area contributed by atoms with Crippen LogP contribution in [0.1, 0.15) is 45.4 Å². The molecule has 0 unspecified atom stereocenters. The zero-order chi connectivity index (χ0) is 19.0. The van der Waals surface area contributed by atoms with Crippen LogP contribution < -0.4 is 10.1 Å². The number of allylic oxidation sites excluding steroid dienone is 2. The Morgan fingerprint density at radius 2 is 2.07 bits per heavy atom. The molecule has 0 amide bonds. The van der Waals surface area contributed by atoms with E-state index in [9.17, 15) is 9.90 Å². The largest absolute Gasteiger partial charge is 0.479 e. The van der Waals surface area contributed by atoms with Crippen LogP contribution in [0.2, 0.25) is 0 Å². The molecule has 0 spiro atoms. The van der Waals surface area contributed by atoms with Gasteiger partial charge in [0.15, 0.2) is 6.61 Å². The molecule has 4 rings (SSSR count). The van der Waals surface area contributed by atoms with Crippen molar-refractivity contribution in [3.63, 3.8) is 0 Å². The van der Waals surface area contributed by atoms with Gasteiger partial charge in [-0.25, -0.2) is 4.79 Å². The highest BCUT2D eigenvalue weighted by atomic mass is 16.5. The lowest BCUT2D eigenvalue weighted by Gasteiger charge is -2.38. The number of carboxylic acid groups (broad SMARTS) is 1. The fourth-order valence-electron chi connectivity index (χ4n) is 4.26. The Morgan fingerprint density at radius 3 is 2.78 bits per heavy atom. The maximum absolute atomic E-state index is 11.5. The average molecular weight is 360 g/mol. The summed E-state index contributed by atoms with van der Waals surface area (Å²) in [6.07, 6.45) is 5.43. The van der Waals surface area contributed by atoms with Crippen molar-refractivity contribution in [2.75, 3.05) is 11.9 Å². The highest BCUT2D eigenvalue weighted by Gasteiger charge is 2.38. The molecule has 1 aliphatic carbocycles. The van der Waals surface area contributed by atoms with E-state index >= 15 is 0 Å². The summed E-state index contributed by atoms with van der Waals surface area (Å²) < 4.78 is 5.34.